The Kier molecular flexibility index (Phi) is 6.05. The number of carbonyl (C=O) groups is 1. The number of rotatable bonds is 6. The van der Waals surface area contributed by atoms with Crippen molar-refractivity contribution in [2.75, 3.05) is 25.0 Å². The molecule has 1 heterocycles. The topological polar surface area (TPSA) is 58.4 Å². The molecule has 0 unspecified atom stereocenters. The van der Waals surface area contributed by atoms with Gasteiger partial charge >= 0.3 is 0 Å². The summed E-state index contributed by atoms with van der Waals surface area (Å²) in [5, 5.41) is 3.60. The lowest BCUT2D eigenvalue weighted by Crippen LogP contribution is -2.51. The second-order valence-corrected chi connectivity index (χ2v) is 6.77. The molecule has 0 atom stereocenters. The first-order valence-corrected chi connectivity index (χ1v) is 8.87. The zero-order chi connectivity index (χ0) is 16.9. The highest BCUT2D eigenvalue weighted by molar-refractivity contribution is 5.83. The molecule has 1 fully saturated rings. The van der Waals surface area contributed by atoms with E-state index in [4.69, 9.17) is 5.73 Å². The Morgan fingerprint density at radius 1 is 1.30 bits per heavy atom. The predicted octanol–water partition coefficient (Wildman–Crippen LogP) is 3.16. The quantitative estimate of drug-likeness (QED) is 0.847. The van der Waals surface area contributed by atoms with Gasteiger partial charge in [-0.3, -0.25) is 4.79 Å². The SMILES string of the molecule is CCC(CC)(CN)C(=O)N1CCC(Nc2cccc(C)c2)CC1. The maximum atomic E-state index is 12.8. The van der Waals surface area contributed by atoms with Gasteiger partial charge in [0.25, 0.3) is 0 Å². The van der Waals surface area contributed by atoms with Crippen molar-refractivity contribution in [3.63, 3.8) is 0 Å². The van der Waals surface area contributed by atoms with E-state index < -0.39 is 0 Å². The van der Waals surface area contributed by atoms with Crippen LogP contribution in [0.4, 0.5) is 5.69 Å². The highest BCUT2D eigenvalue weighted by Crippen LogP contribution is 2.29. The third kappa shape index (κ3) is 4.05. The van der Waals surface area contributed by atoms with Crippen LogP contribution >= 0.6 is 0 Å². The summed E-state index contributed by atoms with van der Waals surface area (Å²) in [7, 11) is 0. The molecule has 0 aromatic heterocycles. The molecule has 0 spiro atoms. The largest absolute Gasteiger partial charge is 0.382 e. The monoisotopic (exact) mass is 317 g/mol. The molecule has 0 saturated carbocycles. The van der Waals surface area contributed by atoms with Crippen molar-refractivity contribution in [2.45, 2.75) is 52.5 Å². The van der Waals surface area contributed by atoms with Crippen molar-refractivity contribution in [2.24, 2.45) is 11.1 Å². The highest BCUT2D eigenvalue weighted by Gasteiger charge is 2.37. The summed E-state index contributed by atoms with van der Waals surface area (Å²) < 4.78 is 0. The van der Waals surface area contributed by atoms with E-state index in [1.165, 1.54) is 11.3 Å². The van der Waals surface area contributed by atoms with E-state index in [9.17, 15) is 4.79 Å². The van der Waals surface area contributed by atoms with Crippen LogP contribution in [-0.2, 0) is 4.79 Å². The molecule has 4 nitrogen and oxygen atoms in total. The molecular formula is C19H31N3O. The molecule has 1 aliphatic rings. The van der Waals surface area contributed by atoms with Gasteiger partial charge in [0.15, 0.2) is 0 Å². The third-order valence-electron chi connectivity index (χ3n) is 5.37. The van der Waals surface area contributed by atoms with E-state index >= 15 is 0 Å². The number of piperidine rings is 1. The summed E-state index contributed by atoms with van der Waals surface area (Å²) in [6.45, 7) is 8.34. The summed E-state index contributed by atoms with van der Waals surface area (Å²) in [4.78, 5) is 14.9. The highest BCUT2D eigenvalue weighted by atomic mass is 16.2. The van der Waals surface area contributed by atoms with Crippen molar-refractivity contribution in [3.05, 3.63) is 29.8 Å². The summed E-state index contributed by atoms with van der Waals surface area (Å²) in [6.07, 6.45) is 3.63. The molecule has 1 aromatic rings. The number of nitrogens with one attached hydrogen (secondary N) is 1. The number of amides is 1. The van der Waals surface area contributed by atoms with Crippen LogP contribution in [0.5, 0.6) is 0 Å². The summed E-state index contributed by atoms with van der Waals surface area (Å²) in [5.41, 5.74) is 8.00. The van der Waals surface area contributed by atoms with E-state index in [-0.39, 0.29) is 11.3 Å². The smallest absolute Gasteiger partial charge is 0.230 e. The first-order valence-electron chi connectivity index (χ1n) is 8.87. The van der Waals surface area contributed by atoms with Gasteiger partial charge in [-0.1, -0.05) is 26.0 Å². The fraction of sp³-hybridized carbons (Fsp3) is 0.632. The summed E-state index contributed by atoms with van der Waals surface area (Å²) in [5.74, 6) is 0.249. The number of hydrogen-bond acceptors (Lipinski definition) is 3. The molecule has 2 rings (SSSR count). The van der Waals surface area contributed by atoms with Crippen LogP contribution in [0.25, 0.3) is 0 Å². The number of benzene rings is 1. The second-order valence-electron chi connectivity index (χ2n) is 6.77. The number of likely N-dealkylation sites (tertiary alicyclic amines) is 1. The predicted molar refractivity (Wildman–Crippen MR) is 96.5 cm³/mol. The lowest BCUT2D eigenvalue weighted by molar-refractivity contribution is -0.143. The fourth-order valence-electron chi connectivity index (χ4n) is 3.46. The third-order valence-corrected chi connectivity index (χ3v) is 5.37. The van der Waals surface area contributed by atoms with Crippen LogP contribution in [0.1, 0.15) is 45.1 Å². The van der Waals surface area contributed by atoms with Gasteiger partial charge in [0.05, 0.1) is 5.41 Å². The van der Waals surface area contributed by atoms with E-state index in [0.29, 0.717) is 12.6 Å². The fourth-order valence-corrected chi connectivity index (χ4v) is 3.46. The molecule has 0 radical (unpaired) electrons. The van der Waals surface area contributed by atoms with E-state index in [0.717, 1.165) is 38.8 Å². The van der Waals surface area contributed by atoms with Crippen molar-refractivity contribution in [1.82, 2.24) is 4.90 Å². The maximum Gasteiger partial charge on any atom is 0.230 e. The number of anilines is 1. The zero-order valence-electron chi connectivity index (χ0n) is 14.8. The minimum Gasteiger partial charge on any atom is -0.382 e. The Morgan fingerprint density at radius 2 is 1.96 bits per heavy atom. The minimum atomic E-state index is -0.364. The normalized spacial score (nSPS) is 16.4. The van der Waals surface area contributed by atoms with Gasteiger partial charge in [0.2, 0.25) is 5.91 Å². The van der Waals surface area contributed by atoms with Gasteiger partial charge in [-0.2, -0.15) is 0 Å². The standard InChI is InChI=1S/C19H31N3O/c1-4-19(5-2,14-20)18(23)22-11-9-16(10-12-22)21-17-8-6-7-15(3)13-17/h6-8,13,16,21H,4-5,9-12,14,20H2,1-3H3. The Hall–Kier alpha value is -1.55. The molecule has 128 valence electrons. The number of nitrogens with zero attached hydrogens (tertiary/aromatic N) is 1. The Balaban J connectivity index is 1.92. The number of nitrogens with two attached hydrogens (primary N) is 1. The first kappa shape index (κ1) is 17.8. The van der Waals surface area contributed by atoms with Gasteiger partial charge < -0.3 is 16.0 Å². The lowest BCUT2D eigenvalue weighted by atomic mass is 9.80. The number of hydrogen-bond donors (Lipinski definition) is 2. The zero-order valence-corrected chi connectivity index (χ0v) is 14.8. The van der Waals surface area contributed by atoms with Crippen molar-refractivity contribution in [3.8, 4) is 0 Å². The van der Waals surface area contributed by atoms with E-state index in [2.05, 4.69) is 50.4 Å². The molecule has 0 aliphatic carbocycles. The van der Waals surface area contributed by atoms with Crippen LogP contribution in [0.15, 0.2) is 24.3 Å². The van der Waals surface area contributed by atoms with Crippen LogP contribution in [-0.4, -0.2) is 36.5 Å². The molecule has 4 heteroatoms. The second kappa shape index (κ2) is 7.82. The Labute approximate surface area is 140 Å². The average Bonchev–Trinajstić information content (AvgIpc) is 2.57. The average molecular weight is 317 g/mol. The maximum absolute atomic E-state index is 12.8. The Morgan fingerprint density at radius 3 is 2.48 bits per heavy atom. The van der Waals surface area contributed by atoms with Crippen LogP contribution in [0.2, 0.25) is 0 Å². The minimum absolute atomic E-state index is 0.249. The van der Waals surface area contributed by atoms with Gasteiger partial charge in [-0.05, 0) is 50.3 Å². The van der Waals surface area contributed by atoms with Crippen LogP contribution in [0, 0.1) is 12.3 Å². The molecular weight excluding hydrogens is 286 g/mol. The van der Waals surface area contributed by atoms with Gasteiger partial charge in [-0.25, -0.2) is 0 Å². The lowest BCUT2D eigenvalue weighted by Gasteiger charge is -2.39. The molecule has 1 saturated heterocycles. The van der Waals surface area contributed by atoms with Gasteiger partial charge in [-0.15, -0.1) is 0 Å². The van der Waals surface area contributed by atoms with E-state index in [1.807, 2.05) is 4.90 Å². The molecule has 0 bridgehead atoms. The molecule has 1 amide bonds. The molecule has 3 N–H and O–H groups in total. The van der Waals surface area contributed by atoms with Crippen LogP contribution < -0.4 is 11.1 Å². The summed E-state index contributed by atoms with van der Waals surface area (Å²) >= 11 is 0. The van der Waals surface area contributed by atoms with Crippen LogP contribution in [0.3, 0.4) is 0 Å². The Bertz CT molecular complexity index is 509. The van der Waals surface area contributed by atoms with Gasteiger partial charge in [0, 0.05) is 31.4 Å². The van der Waals surface area contributed by atoms with E-state index in [1.54, 1.807) is 0 Å². The molecule has 1 aliphatic heterocycles. The molecule has 23 heavy (non-hydrogen) atoms. The number of carbonyl (C=O) groups excluding carboxylic acids is 1. The van der Waals surface area contributed by atoms with Crippen molar-refractivity contribution >= 4 is 11.6 Å². The number of aryl methyl sites for hydroxylation is 1. The van der Waals surface area contributed by atoms with Crippen molar-refractivity contribution in [1.29, 1.82) is 0 Å². The molecule has 1 aromatic carbocycles. The van der Waals surface area contributed by atoms with Crippen molar-refractivity contribution < 1.29 is 4.79 Å². The summed E-state index contributed by atoms with van der Waals surface area (Å²) in [6, 6.07) is 8.91. The first-order chi connectivity index (χ1) is 11.0. The van der Waals surface area contributed by atoms with Gasteiger partial charge in [0.1, 0.15) is 0 Å².